The molecule has 1 N–H and O–H groups in total. The van der Waals surface area contributed by atoms with Gasteiger partial charge in [-0.3, -0.25) is 0 Å². The lowest BCUT2D eigenvalue weighted by Gasteiger charge is -2.05. The van der Waals surface area contributed by atoms with Crippen LogP contribution >= 0.6 is 0 Å². The molecule has 15 heavy (non-hydrogen) atoms. The molecule has 0 aliphatic rings. The fourth-order valence-electron chi connectivity index (χ4n) is 1.32. The Morgan fingerprint density at radius 3 is 2.73 bits per heavy atom. The summed E-state index contributed by atoms with van der Waals surface area (Å²) in [6, 6.07) is 10.5. The first kappa shape index (κ1) is 9.52. The summed E-state index contributed by atoms with van der Waals surface area (Å²) in [5.74, 6) is 1.30. The molecular formula is C12H11NO2. The van der Waals surface area contributed by atoms with Crippen LogP contribution in [0.2, 0.25) is 0 Å². The lowest BCUT2D eigenvalue weighted by atomic mass is 10.2. The zero-order valence-electron chi connectivity index (χ0n) is 8.34. The number of aromatic hydroxyl groups is 1. The molecule has 2 aromatic rings. The van der Waals surface area contributed by atoms with Crippen LogP contribution in [0.4, 0.5) is 0 Å². The minimum Gasteiger partial charge on any atom is -0.508 e. The molecule has 0 atom stereocenters. The maximum atomic E-state index is 9.37. The number of ether oxygens (including phenoxy) is 1. The van der Waals surface area contributed by atoms with Gasteiger partial charge >= 0.3 is 0 Å². The summed E-state index contributed by atoms with van der Waals surface area (Å²) in [6.07, 6.45) is 1.66. The van der Waals surface area contributed by atoms with E-state index < -0.39 is 0 Å². The number of aryl methyl sites for hydroxylation is 1. The van der Waals surface area contributed by atoms with Crippen LogP contribution < -0.4 is 4.74 Å². The molecule has 0 aliphatic carbocycles. The van der Waals surface area contributed by atoms with Gasteiger partial charge in [-0.25, -0.2) is 4.98 Å². The van der Waals surface area contributed by atoms with E-state index in [9.17, 15) is 5.11 Å². The Bertz CT molecular complexity index is 434. The van der Waals surface area contributed by atoms with Crippen LogP contribution in [0.3, 0.4) is 0 Å². The van der Waals surface area contributed by atoms with Gasteiger partial charge in [0.25, 0.3) is 0 Å². The average molecular weight is 201 g/mol. The van der Waals surface area contributed by atoms with Gasteiger partial charge in [0.2, 0.25) is 5.88 Å². The van der Waals surface area contributed by atoms with Gasteiger partial charge in [0.1, 0.15) is 11.5 Å². The topological polar surface area (TPSA) is 42.4 Å². The standard InChI is InChI=1S/C12H11NO2/c1-9-6-10(14)8-11(7-9)15-12-4-2-3-5-13-12/h2-8,14H,1H3. The minimum atomic E-state index is 0.195. The van der Waals surface area contributed by atoms with Crippen molar-refractivity contribution in [3.8, 4) is 17.4 Å². The molecule has 0 amide bonds. The molecule has 3 heteroatoms. The predicted octanol–water partition coefficient (Wildman–Crippen LogP) is 2.89. The van der Waals surface area contributed by atoms with Crippen LogP contribution in [0, 0.1) is 6.92 Å². The smallest absolute Gasteiger partial charge is 0.219 e. The van der Waals surface area contributed by atoms with Gasteiger partial charge in [0, 0.05) is 18.3 Å². The highest BCUT2D eigenvalue weighted by molar-refractivity contribution is 5.38. The van der Waals surface area contributed by atoms with E-state index in [4.69, 9.17) is 4.74 Å². The van der Waals surface area contributed by atoms with Crippen LogP contribution in [0.1, 0.15) is 5.56 Å². The molecule has 76 valence electrons. The summed E-state index contributed by atoms with van der Waals surface area (Å²) in [5.41, 5.74) is 0.945. The Balaban J connectivity index is 2.25. The number of hydrogen-bond donors (Lipinski definition) is 1. The molecule has 0 unspecified atom stereocenters. The third kappa shape index (κ3) is 2.47. The Morgan fingerprint density at radius 1 is 1.20 bits per heavy atom. The number of phenolic OH excluding ortho intramolecular Hbond substituents is 1. The quantitative estimate of drug-likeness (QED) is 0.812. The Hall–Kier alpha value is -2.03. The largest absolute Gasteiger partial charge is 0.508 e. The van der Waals surface area contributed by atoms with Crippen molar-refractivity contribution in [2.24, 2.45) is 0 Å². The van der Waals surface area contributed by atoms with Crippen molar-refractivity contribution in [2.45, 2.75) is 6.92 Å². The fourth-order valence-corrected chi connectivity index (χ4v) is 1.32. The minimum absolute atomic E-state index is 0.195. The lowest BCUT2D eigenvalue weighted by Crippen LogP contribution is -1.87. The van der Waals surface area contributed by atoms with E-state index in [-0.39, 0.29) is 5.75 Å². The van der Waals surface area contributed by atoms with E-state index in [1.54, 1.807) is 24.4 Å². The summed E-state index contributed by atoms with van der Waals surface area (Å²) in [7, 11) is 0. The zero-order chi connectivity index (χ0) is 10.7. The van der Waals surface area contributed by atoms with Crippen molar-refractivity contribution >= 4 is 0 Å². The third-order valence-corrected chi connectivity index (χ3v) is 1.90. The molecule has 0 saturated heterocycles. The first-order valence-corrected chi connectivity index (χ1v) is 4.63. The second-order valence-electron chi connectivity index (χ2n) is 3.27. The van der Waals surface area contributed by atoms with Crippen molar-refractivity contribution in [1.82, 2.24) is 4.98 Å². The SMILES string of the molecule is Cc1cc(O)cc(Oc2ccccn2)c1. The maximum Gasteiger partial charge on any atom is 0.219 e. The third-order valence-electron chi connectivity index (χ3n) is 1.90. The van der Waals surface area contributed by atoms with Crippen molar-refractivity contribution < 1.29 is 9.84 Å². The maximum absolute atomic E-state index is 9.37. The summed E-state index contributed by atoms with van der Waals surface area (Å²) < 4.78 is 5.47. The van der Waals surface area contributed by atoms with Gasteiger partial charge in [0.15, 0.2) is 0 Å². The zero-order valence-corrected chi connectivity index (χ0v) is 8.34. The van der Waals surface area contributed by atoms with E-state index in [1.807, 2.05) is 25.1 Å². The molecule has 0 saturated carbocycles. The fraction of sp³-hybridized carbons (Fsp3) is 0.0833. The van der Waals surface area contributed by atoms with Crippen molar-refractivity contribution in [3.63, 3.8) is 0 Å². The highest BCUT2D eigenvalue weighted by Gasteiger charge is 2.00. The molecule has 0 spiro atoms. The number of phenols is 1. The second-order valence-corrected chi connectivity index (χ2v) is 3.27. The Labute approximate surface area is 88.0 Å². The summed E-state index contributed by atoms with van der Waals surface area (Å²) in [6.45, 7) is 1.89. The summed E-state index contributed by atoms with van der Waals surface area (Å²) in [4.78, 5) is 4.03. The van der Waals surface area contributed by atoms with Gasteiger partial charge in [0.05, 0.1) is 0 Å². The van der Waals surface area contributed by atoms with Gasteiger partial charge < -0.3 is 9.84 Å². The highest BCUT2D eigenvalue weighted by atomic mass is 16.5. The number of aromatic nitrogens is 1. The number of nitrogens with zero attached hydrogens (tertiary/aromatic N) is 1. The van der Waals surface area contributed by atoms with Crippen molar-refractivity contribution in [2.75, 3.05) is 0 Å². The number of benzene rings is 1. The van der Waals surface area contributed by atoms with Gasteiger partial charge in [-0.05, 0) is 30.7 Å². The van der Waals surface area contributed by atoms with Crippen molar-refractivity contribution in [1.29, 1.82) is 0 Å². The molecule has 2 rings (SSSR count). The highest BCUT2D eigenvalue weighted by Crippen LogP contribution is 2.24. The molecule has 0 aliphatic heterocycles. The van der Waals surface area contributed by atoms with Gasteiger partial charge in [-0.2, -0.15) is 0 Å². The number of rotatable bonds is 2. The number of pyridine rings is 1. The van der Waals surface area contributed by atoms with Crippen LogP contribution in [-0.4, -0.2) is 10.1 Å². The molecule has 3 nitrogen and oxygen atoms in total. The van der Waals surface area contributed by atoms with Crippen molar-refractivity contribution in [3.05, 3.63) is 48.2 Å². The second kappa shape index (κ2) is 4.00. The molecule has 0 fully saturated rings. The van der Waals surface area contributed by atoms with E-state index in [0.717, 1.165) is 5.56 Å². The molecule has 1 aromatic carbocycles. The molecule has 1 heterocycles. The Kier molecular flexibility index (Phi) is 2.54. The van der Waals surface area contributed by atoms with Gasteiger partial charge in [-0.1, -0.05) is 6.07 Å². The van der Waals surface area contributed by atoms with E-state index in [2.05, 4.69) is 4.98 Å². The summed E-state index contributed by atoms with van der Waals surface area (Å²) >= 11 is 0. The lowest BCUT2D eigenvalue weighted by molar-refractivity contribution is 0.445. The number of hydrogen-bond acceptors (Lipinski definition) is 3. The van der Waals surface area contributed by atoms with Crippen LogP contribution in [-0.2, 0) is 0 Å². The Morgan fingerprint density at radius 2 is 2.07 bits per heavy atom. The first-order chi connectivity index (χ1) is 7.24. The monoisotopic (exact) mass is 201 g/mol. The first-order valence-electron chi connectivity index (χ1n) is 4.63. The average Bonchev–Trinajstić information content (AvgIpc) is 2.17. The van der Waals surface area contributed by atoms with Crippen LogP contribution in [0.5, 0.6) is 17.4 Å². The molecule has 1 aromatic heterocycles. The normalized spacial score (nSPS) is 9.93. The van der Waals surface area contributed by atoms with Crippen LogP contribution in [0.15, 0.2) is 42.6 Å². The van der Waals surface area contributed by atoms with E-state index in [0.29, 0.717) is 11.6 Å². The molecule has 0 bridgehead atoms. The van der Waals surface area contributed by atoms with E-state index >= 15 is 0 Å². The van der Waals surface area contributed by atoms with Crippen LogP contribution in [0.25, 0.3) is 0 Å². The van der Waals surface area contributed by atoms with Gasteiger partial charge in [-0.15, -0.1) is 0 Å². The summed E-state index contributed by atoms with van der Waals surface area (Å²) in [5, 5.41) is 9.37. The van der Waals surface area contributed by atoms with E-state index in [1.165, 1.54) is 0 Å². The molecule has 0 radical (unpaired) electrons. The predicted molar refractivity (Wildman–Crippen MR) is 57.2 cm³/mol. The molecular weight excluding hydrogens is 190 g/mol.